The number of benzene rings is 1. The van der Waals surface area contributed by atoms with E-state index in [1.54, 1.807) is 6.07 Å². The van der Waals surface area contributed by atoms with Gasteiger partial charge in [-0.25, -0.2) is 0 Å². The number of aliphatic hydroxyl groups is 3. The Morgan fingerprint density at radius 1 is 1.35 bits per heavy atom. The largest absolute Gasteiger partial charge is 0.395 e. The number of nitro benzene ring substituents is 1. The molecule has 0 aliphatic rings. The van der Waals surface area contributed by atoms with Crippen LogP contribution in [0.25, 0.3) is 0 Å². The van der Waals surface area contributed by atoms with Crippen LogP contribution in [0.15, 0.2) is 18.2 Å². The Kier molecular flexibility index (Phi) is 5.68. The Bertz CT molecular complexity index is 456. The average Bonchev–Trinajstić information content (AvgIpc) is 2.36. The molecule has 0 saturated carbocycles. The van der Waals surface area contributed by atoms with Crippen molar-refractivity contribution in [2.24, 2.45) is 0 Å². The van der Waals surface area contributed by atoms with Crippen molar-refractivity contribution in [2.45, 2.75) is 26.3 Å². The molecule has 112 valence electrons. The molecule has 0 aliphatic carbocycles. The lowest BCUT2D eigenvalue weighted by atomic mass is 10.2. The van der Waals surface area contributed by atoms with E-state index < -0.39 is 17.4 Å². The fourth-order valence-electron chi connectivity index (χ4n) is 1.92. The number of aliphatic hydroxyl groups excluding tert-OH is 3. The van der Waals surface area contributed by atoms with E-state index in [2.05, 4.69) is 5.32 Å². The Labute approximate surface area is 116 Å². The van der Waals surface area contributed by atoms with E-state index in [-0.39, 0.29) is 24.5 Å². The molecule has 8 nitrogen and oxygen atoms in total. The van der Waals surface area contributed by atoms with Crippen LogP contribution in [0.2, 0.25) is 0 Å². The lowest BCUT2D eigenvalue weighted by Crippen LogP contribution is -2.40. The van der Waals surface area contributed by atoms with E-state index in [1.807, 2.05) is 0 Å². The maximum absolute atomic E-state index is 11.1. The SMILES string of the molecule is CC(O)N(c1ccc(NCCO)c([N+](=O)[O-])c1)C(C)O. The van der Waals surface area contributed by atoms with Crippen molar-refractivity contribution in [1.82, 2.24) is 0 Å². The van der Waals surface area contributed by atoms with Crippen molar-refractivity contribution in [3.8, 4) is 0 Å². The van der Waals surface area contributed by atoms with Crippen LogP contribution in [0.4, 0.5) is 17.1 Å². The highest BCUT2D eigenvalue weighted by molar-refractivity contribution is 5.68. The van der Waals surface area contributed by atoms with Gasteiger partial charge in [-0.15, -0.1) is 0 Å². The second-order valence-corrected chi connectivity index (χ2v) is 4.28. The highest BCUT2D eigenvalue weighted by atomic mass is 16.6. The van der Waals surface area contributed by atoms with Crippen molar-refractivity contribution in [3.05, 3.63) is 28.3 Å². The first kappa shape index (κ1) is 16.2. The van der Waals surface area contributed by atoms with Crippen molar-refractivity contribution in [3.63, 3.8) is 0 Å². The van der Waals surface area contributed by atoms with E-state index in [9.17, 15) is 20.3 Å². The minimum Gasteiger partial charge on any atom is -0.395 e. The fourth-order valence-corrected chi connectivity index (χ4v) is 1.92. The molecule has 1 rings (SSSR count). The van der Waals surface area contributed by atoms with Gasteiger partial charge in [0.2, 0.25) is 0 Å². The molecule has 8 heteroatoms. The molecular weight excluding hydrogens is 266 g/mol. The lowest BCUT2D eigenvalue weighted by molar-refractivity contribution is -0.383. The van der Waals surface area contributed by atoms with Crippen LogP contribution in [-0.4, -0.2) is 45.9 Å². The van der Waals surface area contributed by atoms with Gasteiger partial charge in [0.15, 0.2) is 0 Å². The van der Waals surface area contributed by atoms with Gasteiger partial charge < -0.3 is 25.5 Å². The quantitative estimate of drug-likeness (QED) is 0.327. The summed E-state index contributed by atoms with van der Waals surface area (Å²) >= 11 is 0. The maximum Gasteiger partial charge on any atom is 0.294 e. The van der Waals surface area contributed by atoms with Gasteiger partial charge in [0.25, 0.3) is 5.69 Å². The number of nitrogens with one attached hydrogen (secondary N) is 1. The third-order valence-electron chi connectivity index (χ3n) is 2.71. The molecular formula is C12H19N3O5. The summed E-state index contributed by atoms with van der Waals surface area (Å²) in [5.74, 6) is 0. The molecule has 2 unspecified atom stereocenters. The molecule has 20 heavy (non-hydrogen) atoms. The molecule has 4 N–H and O–H groups in total. The molecule has 0 spiro atoms. The molecule has 0 aromatic heterocycles. The second-order valence-electron chi connectivity index (χ2n) is 4.28. The van der Waals surface area contributed by atoms with E-state index in [0.717, 1.165) is 0 Å². The molecule has 0 bridgehead atoms. The monoisotopic (exact) mass is 285 g/mol. The normalized spacial score (nSPS) is 13.7. The number of anilines is 2. The van der Waals surface area contributed by atoms with Crippen LogP contribution in [0.3, 0.4) is 0 Å². The van der Waals surface area contributed by atoms with Gasteiger partial charge in [-0.2, -0.15) is 0 Å². The molecule has 0 saturated heterocycles. The Balaban J connectivity index is 3.18. The van der Waals surface area contributed by atoms with Gasteiger partial charge in [-0.1, -0.05) is 0 Å². The molecule has 1 aromatic rings. The number of hydrogen-bond donors (Lipinski definition) is 4. The van der Waals surface area contributed by atoms with Crippen molar-refractivity contribution in [2.75, 3.05) is 23.4 Å². The highest BCUT2D eigenvalue weighted by Crippen LogP contribution is 2.30. The zero-order valence-electron chi connectivity index (χ0n) is 11.4. The van der Waals surface area contributed by atoms with Gasteiger partial charge in [0, 0.05) is 18.3 Å². The minimum absolute atomic E-state index is 0.146. The Morgan fingerprint density at radius 2 is 1.95 bits per heavy atom. The molecule has 0 heterocycles. The average molecular weight is 285 g/mol. The summed E-state index contributed by atoms with van der Waals surface area (Å²) in [5, 5.41) is 41.8. The Morgan fingerprint density at radius 3 is 2.40 bits per heavy atom. The summed E-state index contributed by atoms with van der Waals surface area (Å²) in [7, 11) is 0. The summed E-state index contributed by atoms with van der Waals surface area (Å²) in [6, 6.07) is 4.28. The highest BCUT2D eigenvalue weighted by Gasteiger charge is 2.21. The first-order valence-corrected chi connectivity index (χ1v) is 6.16. The van der Waals surface area contributed by atoms with Gasteiger partial charge >= 0.3 is 0 Å². The first-order valence-electron chi connectivity index (χ1n) is 6.16. The van der Waals surface area contributed by atoms with E-state index >= 15 is 0 Å². The molecule has 2 atom stereocenters. The smallest absolute Gasteiger partial charge is 0.294 e. The van der Waals surface area contributed by atoms with Gasteiger partial charge in [-0.05, 0) is 26.0 Å². The summed E-state index contributed by atoms with van der Waals surface area (Å²) in [4.78, 5) is 11.7. The number of nitro groups is 1. The van der Waals surface area contributed by atoms with E-state index in [4.69, 9.17) is 5.11 Å². The number of rotatable bonds is 7. The maximum atomic E-state index is 11.1. The summed E-state index contributed by atoms with van der Waals surface area (Å²) < 4.78 is 0. The van der Waals surface area contributed by atoms with E-state index in [0.29, 0.717) is 5.69 Å². The molecule has 0 amide bonds. The van der Waals surface area contributed by atoms with Crippen molar-refractivity contribution >= 4 is 17.1 Å². The molecule has 0 radical (unpaired) electrons. The fraction of sp³-hybridized carbons (Fsp3) is 0.500. The number of hydrogen-bond acceptors (Lipinski definition) is 7. The van der Waals surface area contributed by atoms with Crippen molar-refractivity contribution < 1.29 is 20.2 Å². The number of nitrogens with zero attached hydrogens (tertiary/aromatic N) is 2. The summed E-state index contributed by atoms with van der Waals surface area (Å²) in [6.45, 7) is 2.95. The second kappa shape index (κ2) is 7.04. The van der Waals surface area contributed by atoms with Gasteiger partial charge in [0.1, 0.15) is 18.1 Å². The van der Waals surface area contributed by atoms with Crippen LogP contribution in [0.5, 0.6) is 0 Å². The molecule has 0 fully saturated rings. The van der Waals surface area contributed by atoms with Crippen LogP contribution < -0.4 is 10.2 Å². The predicted octanol–water partition coefficient (Wildman–Crippen LogP) is 0.482. The minimum atomic E-state index is -0.995. The predicted molar refractivity (Wildman–Crippen MR) is 74.5 cm³/mol. The third-order valence-corrected chi connectivity index (χ3v) is 2.71. The summed E-state index contributed by atoms with van der Waals surface area (Å²) in [5.41, 5.74) is 0.405. The molecule has 1 aromatic carbocycles. The molecule has 0 aliphatic heterocycles. The van der Waals surface area contributed by atoms with Crippen LogP contribution in [-0.2, 0) is 0 Å². The van der Waals surface area contributed by atoms with Gasteiger partial charge in [0.05, 0.1) is 11.5 Å². The zero-order valence-corrected chi connectivity index (χ0v) is 11.4. The van der Waals surface area contributed by atoms with Crippen LogP contribution >= 0.6 is 0 Å². The topological polar surface area (TPSA) is 119 Å². The first-order chi connectivity index (χ1) is 9.38. The van der Waals surface area contributed by atoms with Gasteiger partial charge in [-0.3, -0.25) is 10.1 Å². The van der Waals surface area contributed by atoms with E-state index in [1.165, 1.54) is 30.9 Å². The van der Waals surface area contributed by atoms with Crippen molar-refractivity contribution in [1.29, 1.82) is 0 Å². The Hall–Kier alpha value is -1.90. The standard InChI is InChI=1S/C12H19N3O5/c1-8(17)14(9(2)18)10-3-4-11(13-5-6-16)12(7-10)15(19)20/h3-4,7-9,13,16-18H,5-6H2,1-2H3. The lowest BCUT2D eigenvalue weighted by Gasteiger charge is -2.30. The van der Waals surface area contributed by atoms with Crippen LogP contribution in [0.1, 0.15) is 13.8 Å². The van der Waals surface area contributed by atoms with Crippen LogP contribution in [0, 0.1) is 10.1 Å². The summed E-state index contributed by atoms with van der Waals surface area (Å²) in [6.07, 6.45) is -1.99. The third kappa shape index (κ3) is 3.80. The zero-order chi connectivity index (χ0) is 15.3.